The van der Waals surface area contributed by atoms with Crippen LogP contribution in [0.1, 0.15) is 37.4 Å². The SMILES string of the molecule is COc1ccc2nccc(C(O)CC[C@@H]3CCN(CCSC)C[C@@H]3CC(=O)O)c2c1. The molecule has 6 nitrogen and oxygen atoms in total. The predicted octanol–water partition coefficient (Wildman–Crippen LogP) is 3.83. The number of aliphatic carboxylic acids is 1. The molecule has 1 saturated heterocycles. The fourth-order valence-electron chi connectivity index (χ4n) is 4.51. The molecule has 1 fully saturated rings. The van der Waals surface area contributed by atoms with Crippen molar-refractivity contribution in [1.82, 2.24) is 9.88 Å². The third-order valence-electron chi connectivity index (χ3n) is 6.18. The maximum Gasteiger partial charge on any atom is 0.303 e. The Kier molecular flexibility index (Phi) is 8.36. The van der Waals surface area contributed by atoms with Crippen molar-refractivity contribution in [3.8, 4) is 5.75 Å². The summed E-state index contributed by atoms with van der Waals surface area (Å²) in [5.74, 6) is 1.54. The third kappa shape index (κ3) is 5.86. The lowest BCUT2D eigenvalue weighted by Crippen LogP contribution is -2.42. The van der Waals surface area contributed by atoms with Gasteiger partial charge in [0.1, 0.15) is 5.75 Å². The average molecular weight is 433 g/mol. The van der Waals surface area contributed by atoms with Crippen molar-refractivity contribution in [2.24, 2.45) is 11.8 Å². The molecule has 164 valence electrons. The summed E-state index contributed by atoms with van der Waals surface area (Å²) in [6.07, 6.45) is 5.84. The Morgan fingerprint density at radius 3 is 2.93 bits per heavy atom. The van der Waals surface area contributed by atoms with Gasteiger partial charge in [-0.3, -0.25) is 9.78 Å². The lowest BCUT2D eigenvalue weighted by atomic mass is 9.79. The highest BCUT2D eigenvalue weighted by molar-refractivity contribution is 7.98. The minimum atomic E-state index is -0.732. The summed E-state index contributed by atoms with van der Waals surface area (Å²) in [5, 5.41) is 21.2. The molecule has 3 rings (SSSR count). The number of aliphatic hydroxyl groups is 1. The summed E-state index contributed by atoms with van der Waals surface area (Å²) in [6.45, 7) is 2.85. The van der Waals surface area contributed by atoms with Gasteiger partial charge in [-0.25, -0.2) is 0 Å². The number of pyridine rings is 1. The van der Waals surface area contributed by atoms with Crippen LogP contribution in [0.15, 0.2) is 30.5 Å². The van der Waals surface area contributed by atoms with E-state index in [1.165, 1.54) is 0 Å². The first-order chi connectivity index (χ1) is 14.5. The molecular formula is C23H32N2O4S. The van der Waals surface area contributed by atoms with Crippen LogP contribution in [0.25, 0.3) is 10.9 Å². The third-order valence-corrected chi connectivity index (χ3v) is 6.77. The van der Waals surface area contributed by atoms with Crippen molar-refractivity contribution < 1.29 is 19.7 Å². The number of thioether (sulfide) groups is 1. The van der Waals surface area contributed by atoms with Gasteiger partial charge in [-0.1, -0.05) is 0 Å². The number of nitrogens with zero attached hydrogens (tertiary/aromatic N) is 2. The minimum Gasteiger partial charge on any atom is -0.497 e. The quantitative estimate of drug-likeness (QED) is 0.590. The standard InChI is InChI=1S/C23H32N2O4S/c1-29-18-4-5-21-20(14-18)19(7-9-24-21)22(26)6-3-16-8-10-25(11-12-30-2)15-17(16)13-23(27)28/h4-5,7,9,14,16-17,22,26H,3,6,8,10-13,15H2,1-2H3,(H,27,28)/t16-,17+,22?/m1/s1. The van der Waals surface area contributed by atoms with E-state index in [9.17, 15) is 15.0 Å². The van der Waals surface area contributed by atoms with Crippen LogP contribution in [-0.4, -0.2) is 64.8 Å². The van der Waals surface area contributed by atoms with E-state index in [-0.39, 0.29) is 12.3 Å². The van der Waals surface area contributed by atoms with Crippen molar-refractivity contribution in [1.29, 1.82) is 0 Å². The molecule has 0 aliphatic carbocycles. The van der Waals surface area contributed by atoms with Crippen molar-refractivity contribution in [2.45, 2.75) is 31.8 Å². The molecule has 2 heterocycles. The summed E-state index contributed by atoms with van der Waals surface area (Å²) in [6, 6.07) is 7.55. The molecule has 1 aliphatic heterocycles. The van der Waals surface area contributed by atoms with Crippen LogP contribution in [0.4, 0.5) is 0 Å². The van der Waals surface area contributed by atoms with Gasteiger partial charge < -0.3 is 19.8 Å². The number of hydrogen-bond donors (Lipinski definition) is 2. The summed E-state index contributed by atoms with van der Waals surface area (Å²) in [4.78, 5) is 18.2. The van der Waals surface area contributed by atoms with Gasteiger partial charge in [0, 0.05) is 36.8 Å². The number of carboxylic acids is 1. The molecule has 2 aromatic rings. The molecule has 0 amide bonds. The van der Waals surface area contributed by atoms with Crippen molar-refractivity contribution >= 4 is 28.6 Å². The summed E-state index contributed by atoms with van der Waals surface area (Å²) < 4.78 is 5.33. The zero-order valence-corrected chi connectivity index (χ0v) is 18.6. The number of aliphatic hydroxyl groups excluding tert-OH is 1. The highest BCUT2D eigenvalue weighted by Crippen LogP contribution is 2.34. The first-order valence-corrected chi connectivity index (χ1v) is 11.9. The Morgan fingerprint density at radius 1 is 1.37 bits per heavy atom. The van der Waals surface area contributed by atoms with Gasteiger partial charge in [0.2, 0.25) is 0 Å². The molecule has 3 atom stereocenters. The second kappa shape index (κ2) is 11.0. The topological polar surface area (TPSA) is 82.9 Å². The number of likely N-dealkylation sites (tertiary alicyclic amines) is 1. The van der Waals surface area contributed by atoms with Gasteiger partial charge in [-0.15, -0.1) is 0 Å². The molecule has 0 saturated carbocycles. The van der Waals surface area contributed by atoms with Crippen LogP contribution in [0, 0.1) is 11.8 Å². The average Bonchev–Trinajstić information content (AvgIpc) is 2.75. The molecule has 0 spiro atoms. The highest BCUT2D eigenvalue weighted by atomic mass is 32.2. The van der Waals surface area contributed by atoms with Gasteiger partial charge in [-0.2, -0.15) is 11.8 Å². The van der Waals surface area contributed by atoms with Gasteiger partial charge in [0.05, 0.1) is 18.7 Å². The van der Waals surface area contributed by atoms with Gasteiger partial charge in [-0.05, 0) is 73.7 Å². The smallest absolute Gasteiger partial charge is 0.303 e. The van der Waals surface area contributed by atoms with E-state index >= 15 is 0 Å². The summed E-state index contributed by atoms with van der Waals surface area (Å²) in [5.41, 5.74) is 1.68. The number of aromatic nitrogens is 1. The number of hydrogen-bond acceptors (Lipinski definition) is 6. The summed E-state index contributed by atoms with van der Waals surface area (Å²) >= 11 is 1.82. The van der Waals surface area contributed by atoms with Crippen LogP contribution >= 0.6 is 11.8 Å². The Hall–Kier alpha value is -1.83. The largest absolute Gasteiger partial charge is 0.497 e. The van der Waals surface area contributed by atoms with Crippen molar-refractivity contribution in [3.63, 3.8) is 0 Å². The molecule has 1 unspecified atom stereocenters. The van der Waals surface area contributed by atoms with E-state index in [1.807, 2.05) is 36.0 Å². The minimum absolute atomic E-state index is 0.139. The number of piperidine rings is 1. The molecule has 1 aromatic heterocycles. The van der Waals surface area contributed by atoms with Crippen LogP contribution < -0.4 is 4.74 Å². The predicted molar refractivity (Wildman–Crippen MR) is 121 cm³/mol. The monoisotopic (exact) mass is 432 g/mol. The maximum absolute atomic E-state index is 11.4. The number of carbonyl (C=O) groups is 1. The molecule has 0 bridgehead atoms. The van der Waals surface area contributed by atoms with E-state index in [0.29, 0.717) is 12.3 Å². The van der Waals surface area contributed by atoms with Crippen molar-refractivity contribution in [2.75, 3.05) is 38.8 Å². The van der Waals surface area contributed by atoms with Crippen LogP contribution in [0.3, 0.4) is 0 Å². The fourth-order valence-corrected chi connectivity index (χ4v) is 4.95. The molecule has 0 radical (unpaired) electrons. The zero-order valence-electron chi connectivity index (χ0n) is 17.8. The molecule has 1 aliphatic rings. The fraction of sp³-hybridized carbons (Fsp3) is 0.565. The van der Waals surface area contributed by atoms with Gasteiger partial charge in [0.15, 0.2) is 0 Å². The number of carboxylic acid groups (broad SMARTS) is 1. The number of rotatable bonds is 10. The Balaban J connectivity index is 1.67. The maximum atomic E-state index is 11.4. The Morgan fingerprint density at radius 2 is 2.20 bits per heavy atom. The molecule has 2 N–H and O–H groups in total. The van der Waals surface area contributed by atoms with Crippen molar-refractivity contribution in [3.05, 3.63) is 36.0 Å². The highest BCUT2D eigenvalue weighted by Gasteiger charge is 2.31. The lowest BCUT2D eigenvalue weighted by Gasteiger charge is -2.38. The van der Waals surface area contributed by atoms with E-state index in [2.05, 4.69) is 16.1 Å². The first kappa shape index (κ1) is 22.8. The number of fused-ring (bicyclic) bond motifs is 1. The van der Waals surface area contributed by atoms with E-state index in [4.69, 9.17) is 4.74 Å². The number of ether oxygens (including phenoxy) is 1. The number of benzene rings is 1. The van der Waals surface area contributed by atoms with E-state index in [0.717, 1.165) is 60.4 Å². The Labute approximate surface area is 182 Å². The molecular weight excluding hydrogens is 400 g/mol. The lowest BCUT2D eigenvalue weighted by molar-refractivity contribution is -0.139. The van der Waals surface area contributed by atoms with E-state index < -0.39 is 12.1 Å². The second-order valence-electron chi connectivity index (χ2n) is 8.08. The van der Waals surface area contributed by atoms with Gasteiger partial charge >= 0.3 is 5.97 Å². The zero-order chi connectivity index (χ0) is 21.5. The van der Waals surface area contributed by atoms with Crippen LogP contribution in [0.2, 0.25) is 0 Å². The number of methoxy groups -OCH3 is 1. The Bertz CT molecular complexity index is 847. The molecule has 30 heavy (non-hydrogen) atoms. The normalized spacial score (nSPS) is 20.9. The molecule has 7 heteroatoms. The molecule has 1 aromatic carbocycles. The first-order valence-electron chi connectivity index (χ1n) is 10.6. The van der Waals surface area contributed by atoms with E-state index in [1.54, 1.807) is 13.3 Å². The van der Waals surface area contributed by atoms with Crippen LogP contribution in [-0.2, 0) is 4.79 Å². The summed E-state index contributed by atoms with van der Waals surface area (Å²) in [7, 11) is 1.63. The van der Waals surface area contributed by atoms with Gasteiger partial charge in [0.25, 0.3) is 0 Å². The second-order valence-corrected chi connectivity index (χ2v) is 9.06. The van der Waals surface area contributed by atoms with Crippen LogP contribution in [0.5, 0.6) is 5.75 Å².